The molecule has 3 aromatic rings. The van der Waals surface area contributed by atoms with Crippen LogP contribution in [0.5, 0.6) is 5.75 Å². The van der Waals surface area contributed by atoms with Crippen LogP contribution in [0.3, 0.4) is 0 Å². The Hall–Kier alpha value is -2.37. The molecule has 0 amide bonds. The first kappa shape index (κ1) is 19.6. The predicted molar refractivity (Wildman–Crippen MR) is 106 cm³/mol. The Kier molecular flexibility index (Phi) is 4.64. The molecule has 1 aromatic carbocycles. The highest BCUT2D eigenvalue weighted by Gasteiger charge is 2.41. The van der Waals surface area contributed by atoms with Gasteiger partial charge in [-0.25, -0.2) is 9.50 Å². The molecule has 0 aliphatic carbocycles. The van der Waals surface area contributed by atoms with Crippen molar-refractivity contribution in [2.45, 2.75) is 24.7 Å². The summed E-state index contributed by atoms with van der Waals surface area (Å²) in [5, 5.41) is 5.47. The number of methoxy groups -OCH3 is 1. The number of nitrogens with zero attached hydrogens (tertiary/aromatic N) is 4. The molecule has 2 aromatic heterocycles. The summed E-state index contributed by atoms with van der Waals surface area (Å²) in [4.78, 5) is 7.20. The van der Waals surface area contributed by atoms with E-state index in [4.69, 9.17) is 15.2 Å². The minimum absolute atomic E-state index is 0.0967. The van der Waals surface area contributed by atoms with Gasteiger partial charge < -0.3 is 20.1 Å². The van der Waals surface area contributed by atoms with Crippen LogP contribution in [0.4, 0.5) is 18.3 Å². The third kappa shape index (κ3) is 3.21. The first-order chi connectivity index (χ1) is 14.3. The predicted octanol–water partition coefficient (Wildman–Crippen LogP) is 3.04. The van der Waals surface area contributed by atoms with Crippen molar-refractivity contribution in [1.29, 1.82) is 0 Å². The van der Waals surface area contributed by atoms with Gasteiger partial charge in [-0.2, -0.15) is 13.2 Å². The number of halogens is 3. The van der Waals surface area contributed by atoms with Crippen molar-refractivity contribution >= 4 is 21.4 Å². The molecule has 0 saturated carbocycles. The molecular weight excluding hydrogens is 419 g/mol. The fraction of sp³-hybridized carbons (Fsp3) is 0.474. The van der Waals surface area contributed by atoms with Crippen LogP contribution < -0.4 is 15.4 Å². The molecule has 160 valence electrons. The van der Waals surface area contributed by atoms with Crippen LogP contribution in [0.15, 0.2) is 24.4 Å². The summed E-state index contributed by atoms with van der Waals surface area (Å²) in [7, 11) is 1.35. The number of nitrogens with two attached hydrogens (primary N) is 1. The van der Waals surface area contributed by atoms with Crippen molar-refractivity contribution < 1.29 is 22.6 Å². The summed E-state index contributed by atoms with van der Waals surface area (Å²) in [6, 6.07) is 3.53. The van der Waals surface area contributed by atoms with Crippen LogP contribution in [0, 0.1) is 5.92 Å². The molecule has 7 nitrogen and oxygen atoms in total. The lowest BCUT2D eigenvalue weighted by Gasteiger charge is -2.29. The van der Waals surface area contributed by atoms with Gasteiger partial charge in [0, 0.05) is 37.2 Å². The number of rotatable bonds is 3. The molecule has 2 N–H and O–H groups in total. The number of fused-ring (bicyclic) bond motifs is 2. The second-order valence-electron chi connectivity index (χ2n) is 7.57. The summed E-state index contributed by atoms with van der Waals surface area (Å²) in [5.41, 5.74) is 6.56. The van der Waals surface area contributed by atoms with E-state index in [0.29, 0.717) is 29.4 Å². The van der Waals surface area contributed by atoms with E-state index in [9.17, 15) is 13.2 Å². The minimum Gasteiger partial charge on any atom is -0.496 e. The topological polar surface area (TPSA) is 77.9 Å². The Labute approximate surface area is 174 Å². The lowest BCUT2D eigenvalue weighted by atomic mass is 9.93. The summed E-state index contributed by atoms with van der Waals surface area (Å²) in [6.07, 6.45) is -1.90. The number of imidazole rings is 1. The molecule has 4 heterocycles. The summed E-state index contributed by atoms with van der Waals surface area (Å²) >= 11 is 1.43. The van der Waals surface area contributed by atoms with Gasteiger partial charge in [0.25, 0.3) is 0 Å². The lowest BCUT2D eigenvalue weighted by molar-refractivity contribution is -0.137. The monoisotopic (exact) mass is 439 g/mol. The van der Waals surface area contributed by atoms with Crippen molar-refractivity contribution in [2.24, 2.45) is 11.7 Å². The molecule has 1 unspecified atom stereocenters. The zero-order chi connectivity index (χ0) is 21.0. The third-order valence-corrected chi connectivity index (χ3v) is 6.78. The largest absolute Gasteiger partial charge is 0.496 e. The molecule has 2 saturated heterocycles. The highest BCUT2D eigenvalue weighted by atomic mass is 32.1. The van der Waals surface area contributed by atoms with Gasteiger partial charge in [-0.05, 0) is 24.6 Å². The van der Waals surface area contributed by atoms with E-state index in [1.165, 1.54) is 24.5 Å². The maximum absolute atomic E-state index is 13.1. The fourth-order valence-corrected chi connectivity index (χ4v) is 5.08. The molecule has 0 radical (unpaired) electrons. The zero-order valence-electron chi connectivity index (χ0n) is 16.1. The molecular formula is C19H20F3N5O2S. The van der Waals surface area contributed by atoms with E-state index in [1.807, 2.05) is 0 Å². The SMILES string of the molecule is COc1cc(C(F)(F)F)ccc1-c1cnc2sc(N3CC4[C@H](N)CCO[C@H]4C3)nn12. The molecule has 2 aliphatic heterocycles. The number of hydrogen-bond donors (Lipinski definition) is 1. The number of aromatic nitrogens is 3. The molecule has 0 bridgehead atoms. The molecule has 2 aliphatic rings. The Morgan fingerprint density at radius 1 is 1.30 bits per heavy atom. The van der Waals surface area contributed by atoms with Crippen LogP contribution >= 0.6 is 11.3 Å². The number of benzene rings is 1. The summed E-state index contributed by atoms with van der Waals surface area (Å²) < 4.78 is 51.9. The molecule has 2 fully saturated rings. The van der Waals surface area contributed by atoms with Gasteiger partial charge in [0.15, 0.2) is 0 Å². The number of alkyl halides is 3. The van der Waals surface area contributed by atoms with Gasteiger partial charge in [0.1, 0.15) is 5.75 Å². The van der Waals surface area contributed by atoms with Gasteiger partial charge >= 0.3 is 6.18 Å². The molecule has 5 rings (SSSR count). The van der Waals surface area contributed by atoms with E-state index in [2.05, 4.69) is 15.0 Å². The molecule has 11 heteroatoms. The maximum atomic E-state index is 13.1. The maximum Gasteiger partial charge on any atom is 0.416 e. The zero-order valence-corrected chi connectivity index (χ0v) is 16.9. The van der Waals surface area contributed by atoms with E-state index in [-0.39, 0.29) is 23.8 Å². The Balaban J connectivity index is 1.49. The molecule has 0 spiro atoms. The first-order valence-electron chi connectivity index (χ1n) is 9.57. The van der Waals surface area contributed by atoms with Gasteiger partial charge in [-0.3, -0.25) is 0 Å². The van der Waals surface area contributed by atoms with Crippen molar-refractivity contribution in [3.63, 3.8) is 0 Å². The van der Waals surface area contributed by atoms with Gasteiger partial charge in [-0.15, -0.1) is 5.10 Å². The highest BCUT2D eigenvalue weighted by Crippen LogP contribution is 2.39. The quantitative estimate of drug-likeness (QED) is 0.676. The van der Waals surface area contributed by atoms with Crippen molar-refractivity contribution in [3.8, 4) is 17.0 Å². The van der Waals surface area contributed by atoms with Crippen LogP contribution in [0.2, 0.25) is 0 Å². The van der Waals surface area contributed by atoms with Gasteiger partial charge in [-0.1, -0.05) is 11.3 Å². The van der Waals surface area contributed by atoms with Crippen molar-refractivity contribution in [3.05, 3.63) is 30.0 Å². The average molecular weight is 439 g/mol. The second-order valence-corrected chi connectivity index (χ2v) is 8.50. The standard InChI is InChI=1S/C19H20F3N5O2S/c1-28-15-6-10(19(20,21)22)2-3-11(15)14-7-24-17-27(14)25-18(30-17)26-8-12-13(23)4-5-29-16(12)9-26/h2-3,6-7,12-13,16H,4-5,8-9,23H2,1H3/t12?,13-,16+/m1/s1. The summed E-state index contributed by atoms with van der Waals surface area (Å²) in [5.74, 6) is 0.386. The second kappa shape index (κ2) is 7.10. The number of ether oxygens (including phenoxy) is 2. The average Bonchev–Trinajstić information content (AvgIpc) is 3.40. The van der Waals surface area contributed by atoms with E-state index in [1.54, 1.807) is 10.7 Å². The minimum atomic E-state index is -4.44. The van der Waals surface area contributed by atoms with Gasteiger partial charge in [0.2, 0.25) is 10.1 Å². The fourth-order valence-electron chi connectivity index (χ4n) is 4.19. The Morgan fingerprint density at radius 2 is 2.13 bits per heavy atom. The lowest BCUT2D eigenvalue weighted by Crippen LogP contribution is -2.43. The Morgan fingerprint density at radius 3 is 2.87 bits per heavy atom. The van der Waals surface area contributed by atoms with Gasteiger partial charge in [0.05, 0.1) is 30.7 Å². The van der Waals surface area contributed by atoms with Crippen LogP contribution in [-0.2, 0) is 10.9 Å². The first-order valence-corrected chi connectivity index (χ1v) is 10.4. The highest BCUT2D eigenvalue weighted by molar-refractivity contribution is 7.20. The van der Waals surface area contributed by atoms with Crippen LogP contribution in [0.25, 0.3) is 16.2 Å². The van der Waals surface area contributed by atoms with Crippen molar-refractivity contribution in [1.82, 2.24) is 14.6 Å². The van der Waals surface area contributed by atoms with Crippen LogP contribution in [0.1, 0.15) is 12.0 Å². The number of hydrogen-bond acceptors (Lipinski definition) is 7. The molecule has 3 atom stereocenters. The van der Waals surface area contributed by atoms with Crippen LogP contribution in [-0.4, -0.2) is 53.6 Å². The third-order valence-electron chi connectivity index (χ3n) is 5.79. The molecule has 30 heavy (non-hydrogen) atoms. The normalized spacial score (nSPS) is 24.4. The van der Waals surface area contributed by atoms with E-state index < -0.39 is 11.7 Å². The van der Waals surface area contributed by atoms with E-state index in [0.717, 1.165) is 30.2 Å². The van der Waals surface area contributed by atoms with E-state index >= 15 is 0 Å². The smallest absolute Gasteiger partial charge is 0.416 e. The summed E-state index contributed by atoms with van der Waals surface area (Å²) in [6.45, 7) is 2.16. The Bertz CT molecular complexity index is 1080. The number of anilines is 1. The van der Waals surface area contributed by atoms with Crippen molar-refractivity contribution in [2.75, 3.05) is 31.7 Å².